The Hall–Kier alpha value is -0.380. The molecule has 0 saturated heterocycles. The average molecular weight is 191 g/mol. The minimum absolute atomic E-state index is 0.112. The van der Waals surface area contributed by atoms with E-state index in [0.717, 1.165) is 5.75 Å². The molecule has 0 bridgehead atoms. The summed E-state index contributed by atoms with van der Waals surface area (Å²) in [6, 6.07) is 0. The van der Waals surface area contributed by atoms with Crippen LogP contribution in [-0.4, -0.2) is 17.3 Å². The van der Waals surface area contributed by atoms with E-state index >= 15 is 0 Å². The van der Waals surface area contributed by atoms with Gasteiger partial charge in [-0.15, -0.1) is 11.8 Å². The average Bonchev–Trinajstić information content (AvgIpc) is 1.97. The van der Waals surface area contributed by atoms with Gasteiger partial charge in [-0.2, -0.15) is 0 Å². The zero-order chi connectivity index (χ0) is 9.40. The summed E-state index contributed by atoms with van der Waals surface area (Å²) >= 11 is 1.62. The fourth-order valence-corrected chi connectivity index (χ4v) is 1.66. The quantitative estimate of drug-likeness (QED) is 0.518. The molecule has 4 heteroatoms. The molecule has 0 rings (SSSR count). The topological polar surface area (TPSA) is 52.3 Å². The van der Waals surface area contributed by atoms with Crippen molar-refractivity contribution in [3.05, 3.63) is 0 Å². The van der Waals surface area contributed by atoms with E-state index in [1.54, 1.807) is 11.8 Å². The predicted octanol–water partition coefficient (Wildman–Crippen LogP) is 2.35. The van der Waals surface area contributed by atoms with Crippen LogP contribution in [0.2, 0.25) is 0 Å². The summed E-state index contributed by atoms with van der Waals surface area (Å²) in [4.78, 5) is 10.3. The van der Waals surface area contributed by atoms with E-state index in [0.29, 0.717) is 0 Å². The Morgan fingerprint density at radius 1 is 1.58 bits per heavy atom. The van der Waals surface area contributed by atoms with Crippen LogP contribution >= 0.6 is 11.8 Å². The molecule has 0 aromatic rings. The SMILES string of the molecule is CCCCCSC(C)OC(N)=O. The molecular formula is C8H17NO2S. The lowest BCUT2D eigenvalue weighted by atomic mass is 10.3. The number of hydrogen-bond donors (Lipinski definition) is 1. The predicted molar refractivity (Wildman–Crippen MR) is 52.1 cm³/mol. The summed E-state index contributed by atoms with van der Waals surface area (Å²) < 4.78 is 4.73. The van der Waals surface area contributed by atoms with Crippen molar-refractivity contribution in [1.82, 2.24) is 0 Å². The van der Waals surface area contributed by atoms with Crippen molar-refractivity contribution >= 4 is 17.9 Å². The Labute approximate surface area is 78.0 Å². The van der Waals surface area contributed by atoms with Crippen LogP contribution in [0.15, 0.2) is 0 Å². The Morgan fingerprint density at radius 2 is 2.25 bits per heavy atom. The molecule has 3 nitrogen and oxygen atoms in total. The summed E-state index contributed by atoms with van der Waals surface area (Å²) in [6.45, 7) is 4.00. The van der Waals surface area contributed by atoms with Gasteiger partial charge in [-0.1, -0.05) is 19.8 Å². The van der Waals surface area contributed by atoms with Crippen LogP contribution in [0.25, 0.3) is 0 Å². The van der Waals surface area contributed by atoms with Gasteiger partial charge in [0, 0.05) is 0 Å². The van der Waals surface area contributed by atoms with Crippen molar-refractivity contribution in [3.8, 4) is 0 Å². The van der Waals surface area contributed by atoms with E-state index in [1.807, 2.05) is 6.92 Å². The van der Waals surface area contributed by atoms with E-state index in [1.165, 1.54) is 19.3 Å². The largest absolute Gasteiger partial charge is 0.436 e. The smallest absolute Gasteiger partial charge is 0.405 e. The molecule has 0 heterocycles. The molecule has 0 aliphatic heterocycles. The highest BCUT2D eigenvalue weighted by molar-refractivity contribution is 7.99. The molecule has 0 saturated carbocycles. The van der Waals surface area contributed by atoms with Crippen molar-refractivity contribution in [1.29, 1.82) is 0 Å². The third-order valence-electron chi connectivity index (χ3n) is 1.38. The van der Waals surface area contributed by atoms with Crippen LogP contribution in [0.5, 0.6) is 0 Å². The highest BCUT2D eigenvalue weighted by Crippen LogP contribution is 2.13. The maximum atomic E-state index is 10.3. The van der Waals surface area contributed by atoms with Crippen LogP contribution in [0.1, 0.15) is 33.1 Å². The second-order valence-electron chi connectivity index (χ2n) is 2.58. The van der Waals surface area contributed by atoms with Crippen LogP contribution in [-0.2, 0) is 4.74 Å². The van der Waals surface area contributed by atoms with Crippen molar-refractivity contribution < 1.29 is 9.53 Å². The van der Waals surface area contributed by atoms with Crippen LogP contribution in [0.4, 0.5) is 4.79 Å². The van der Waals surface area contributed by atoms with E-state index in [2.05, 4.69) is 6.92 Å². The Balaban J connectivity index is 3.19. The molecule has 12 heavy (non-hydrogen) atoms. The minimum atomic E-state index is -0.689. The van der Waals surface area contributed by atoms with E-state index < -0.39 is 6.09 Å². The third-order valence-corrected chi connectivity index (χ3v) is 2.47. The number of unbranched alkanes of at least 4 members (excludes halogenated alkanes) is 2. The van der Waals surface area contributed by atoms with Gasteiger partial charge in [0.15, 0.2) is 0 Å². The second-order valence-corrected chi connectivity index (χ2v) is 3.99. The fraction of sp³-hybridized carbons (Fsp3) is 0.875. The van der Waals surface area contributed by atoms with Gasteiger partial charge < -0.3 is 10.5 Å². The summed E-state index contributed by atoms with van der Waals surface area (Å²) in [7, 11) is 0. The van der Waals surface area contributed by atoms with Gasteiger partial charge in [0.1, 0.15) is 5.44 Å². The number of carbonyl (C=O) groups excluding carboxylic acids is 1. The maximum Gasteiger partial charge on any atom is 0.405 e. The summed E-state index contributed by atoms with van der Waals surface area (Å²) in [6.07, 6.45) is 2.93. The number of ether oxygens (including phenoxy) is 1. The van der Waals surface area contributed by atoms with Crippen LogP contribution < -0.4 is 5.73 Å². The summed E-state index contributed by atoms with van der Waals surface area (Å²) in [5.41, 5.74) is 4.74. The first-order valence-corrected chi connectivity index (χ1v) is 5.29. The van der Waals surface area contributed by atoms with Crippen molar-refractivity contribution in [2.24, 2.45) is 5.73 Å². The molecule has 1 unspecified atom stereocenters. The summed E-state index contributed by atoms with van der Waals surface area (Å²) in [5.74, 6) is 1.03. The van der Waals surface area contributed by atoms with Crippen molar-refractivity contribution in [3.63, 3.8) is 0 Å². The molecule has 0 aromatic heterocycles. The normalized spacial score (nSPS) is 12.5. The molecule has 0 aliphatic rings. The molecule has 2 N–H and O–H groups in total. The Kier molecular flexibility index (Phi) is 7.05. The van der Waals surface area contributed by atoms with Crippen LogP contribution in [0.3, 0.4) is 0 Å². The van der Waals surface area contributed by atoms with Gasteiger partial charge in [0.2, 0.25) is 0 Å². The van der Waals surface area contributed by atoms with E-state index in [-0.39, 0.29) is 5.44 Å². The molecule has 1 amide bonds. The maximum absolute atomic E-state index is 10.3. The minimum Gasteiger partial charge on any atom is -0.436 e. The molecule has 72 valence electrons. The first-order valence-electron chi connectivity index (χ1n) is 4.24. The highest BCUT2D eigenvalue weighted by atomic mass is 32.2. The number of rotatable bonds is 6. The van der Waals surface area contributed by atoms with Gasteiger partial charge in [-0.05, 0) is 19.1 Å². The number of carbonyl (C=O) groups is 1. The van der Waals surface area contributed by atoms with Gasteiger partial charge in [0.25, 0.3) is 0 Å². The Morgan fingerprint density at radius 3 is 2.75 bits per heavy atom. The van der Waals surface area contributed by atoms with Gasteiger partial charge in [-0.3, -0.25) is 0 Å². The zero-order valence-corrected chi connectivity index (χ0v) is 8.52. The monoisotopic (exact) mass is 191 g/mol. The number of thioether (sulfide) groups is 1. The standard InChI is InChI=1S/C8H17NO2S/c1-3-4-5-6-12-7(2)11-8(9)10/h7H,3-6H2,1-2H3,(H2,9,10). The van der Waals surface area contributed by atoms with E-state index in [9.17, 15) is 4.79 Å². The van der Waals surface area contributed by atoms with E-state index in [4.69, 9.17) is 10.5 Å². The Bertz CT molecular complexity index is 130. The number of hydrogen-bond acceptors (Lipinski definition) is 3. The lowest BCUT2D eigenvalue weighted by Crippen LogP contribution is -2.18. The lowest BCUT2D eigenvalue weighted by Gasteiger charge is -2.09. The first-order chi connectivity index (χ1) is 5.66. The first kappa shape index (κ1) is 11.6. The highest BCUT2D eigenvalue weighted by Gasteiger charge is 2.04. The number of primary amides is 1. The molecule has 0 spiro atoms. The van der Waals surface area contributed by atoms with Gasteiger partial charge >= 0.3 is 6.09 Å². The molecule has 0 aliphatic carbocycles. The molecule has 0 radical (unpaired) electrons. The molecule has 1 atom stereocenters. The van der Waals surface area contributed by atoms with Crippen molar-refractivity contribution in [2.45, 2.75) is 38.5 Å². The van der Waals surface area contributed by atoms with Gasteiger partial charge in [-0.25, -0.2) is 4.79 Å². The van der Waals surface area contributed by atoms with Gasteiger partial charge in [0.05, 0.1) is 0 Å². The number of nitrogens with two attached hydrogens (primary N) is 1. The summed E-state index contributed by atoms with van der Waals surface area (Å²) in [5, 5.41) is 0. The third kappa shape index (κ3) is 7.72. The number of amides is 1. The molecule has 0 aromatic carbocycles. The van der Waals surface area contributed by atoms with Crippen molar-refractivity contribution in [2.75, 3.05) is 5.75 Å². The lowest BCUT2D eigenvalue weighted by molar-refractivity contribution is 0.152. The zero-order valence-electron chi connectivity index (χ0n) is 7.71. The fourth-order valence-electron chi connectivity index (χ4n) is 0.799. The van der Waals surface area contributed by atoms with Crippen LogP contribution in [0, 0.1) is 0 Å². The molecule has 0 fully saturated rings. The second kappa shape index (κ2) is 7.28. The molecular weight excluding hydrogens is 174 g/mol.